The topological polar surface area (TPSA) is 55.1 Å². The number of halogens is 1. The molecule has 0 saturated carbocycles. The van der Waals surface area contributed by atoms with Crippen molar-refractivity contribution in [3.05, 3.63) is 29.3 Å². The Bertz CT molecular complexity index is 385. The van der Waals surface area contributed by atoms with Crippen molar-refractivity contribution in [3.63, 3.8) is 0 Å². The number of nitrogens with two attached hydrogens (primary N) is 1. The lowest BCUT2D eigenvalue weighted by Gasteiger charge is -2.07. The molecule has 3 nitrogen and oxygen atoms in total. The lowest BCUT2D eigenvalue weighted by Crippen LogP contribution is -2.27. The van der Waals surface area contributed by atoms with Gasteiger partial charge in [0.1, 0.15) is 0 Å². The minimum atomic E-state index is 0. The number of carbonyl (C=O) groups excluding carboxylic acids is 1. The third-order valence-corrected chi connectivity index (χ3v) is 3.56. The molecule has 1 rings (SSSR count). The Labute approximate surface area is 119 Å². The maximum Gasteiger partial charge on any atom is 0.230 e. The summed E-state index contributed by atoms with van der Waals surface area (Å²) in [7, 11) is 0. The second kappa shape index (κ2) is 9.25. The SMILES string of the molecule is Cc1ccc(C)c(SCC(=O)NCCCN)c1.Cl. The molecule has 1 aromatic carbocycles. The summed E-state index contributed by atoms with van der Waals surface area (Å²) in [6, 6.07) is 6.29. The van der Waals surface area contributed by atoms with E-state index in [1.165, 1.54) is 16.0 Å². The van der Waals surface area contributed by atoms with Crippen molar-refractivity contribution in [1.82, 2.24) is 5.32 Å². The highest BCUT2D eigenvalue weighted by molar-refractivity contribution is 8.00. The van der Waals surface area contributed by atoms with Crippen LogP contribution in [0.4, 0.5) is 0 Å². The van der Waals surface area contributed by atoms with Crippen molar-refractivity contribution in [2.45, 2.75) is 25.2 Å². The minimum Gasteiger partial charge on any atom is -0.355 e. The van der Waals surface area contributed by atoms with E-state index >= 15 is 0 Å². The Morgan fingerprint density at radius 3 is 2.78 bits per heavy atom. The van der Waals surface area contributed by atoms with Gasteiger partial charge in [0.25, 0.3) is 0 Å². The molecule has 0 saturated heterocycles. The van der Waals surface area contributed by atoms with Gasteiger partial charge >= 0.3 is 0 Å². The highest BCUT2D eigenvalue weighted by Crippen LogP contribution is 2.23. The molecule has 1 amide bonds. The van der Waals surface area contributed by atoms with E-state index in [0.717, 1.165) is 6.42 Å². The van der Waals surface area contributed by atoms with Gasteiger partial charge in [-0.05, 0) is 38.4 Å². The average Bonchev–Trinajstić information content (AvgIpc) is 2.31. The van der Waals surface area contributed by atoms with Crippen LogP contribution < -0.4 is 11.1 Å². The van der Waals surface area contributed by atoms with E-state index < -0.39 is 0 Å². The third kappa shape index (κ3) is 6.28. The fraction of sp³-hybridized carbons (Fsp3) is 0.462. The number of rotatable bonds is 6. The minimum absolute atomic E-state index is 0. The second-order valence-corrected chi connectivity index (χ2v) is 5.07. The normalized spacial score (nSPS) is 9.72. The van der Waals surface area contributed by atoms with Crippen LogP contribution in [0.5, 0.6) is 0 Å². The van der Waals surface area contributed by atoms with Crippen LogP contribution in [0.2, 0.25) is 0 Å². The molecule has 0 radical (unpaired) electrons. The molecule has 102 valence electrons. The largest absolute Gasteiger partial charge is 0.355 e. The summed E-state index contributed by atoms with van der Waals surface area (Å²) in [5, 5.41) is 2.85. The maximum absolute atomic E-state index is 11.5. The summed E-state index contributed by atoms with van der Waals surface area (Å²) in [5.41, 5.74) is 7.80. The summed E-state index contributed by atoms with van der Waals surface area (Å²) >= 11 is 1.58. The lowest BCUT2D eigenvalue weighted by atomic mass is 10.2. The summed E-state index contributed by atoms with van der Waals surface area (Å²) in [5.74, 6) is 0.541. The van der Waals surface area contributed by atoms with Crippen molar-refractivity contribution in [1.29, 1.82) is 0 Å². The average molecular weight is 289 g/mol. The Hall–Kier alpha value is -0.710. The number of carbonyl (C=O) groups is 1. The molecular formula is C13H21ClN2OS. The fourth-order valence-electron chi connectivity index (χ4n) is 1.39. The van der Waals surface area contributed by atoms with Gasteiger partial charge in [-0.3, -0.25) is 4.79 Å². The van der Waals surface area contributed by atoms with Crippen LogP contribution in [0.15, 0.2) is 23.1 Å². The predicted molar refractivity (Wildman–Crippen MR) is 80.6 cm³/mol. The van der Waals surface area contributed by atoms with Crippen LogP contribution in [-0.4, -0.2) is 24.7 Å². The van der Waals surface area contributed by atoms with Crippen LogP contribution in [0.1, 0.15) is 17.5 Å². The van der Waals surface area contributed by atoms with E-state index in [1.807, 2.05) is 0 Å². The van der Waals surface area contributed by atoms with Gasteiger partial charge in [0.15, 0.2) is 0 Å². The molecule has 0 aliphatic carbocycles. The summed E-state index contributed by atoms with van der Waals surface area (Å²) < 4.78 is 0. The molecule has 0 bridgehead atoms. The summed E-state index contributed by atoms with van der Waals surface area (Å²) in [6.07, 6.45) is 0.833. The highest BCUT2D eigenvalue weighted by Gasteiger charge is 2.04. The monoisotopic (exact) mass is 288 g/mol. The Morgan fingerprint density at radius 2 is 2.11 bits per heavy atom. The molecule has 5 heteroatoms. The predicted octanol–water partition coefficient (Wildman–Crippen LogP) is 2.28. The zero-order chi connectivity index (χ0) is 12.7. The smallest absolute Gasteiger partial charge is 0.230 e. The molecule has 0 aliphatic heterocycles. The van der Waals surface area contributed by atoms with Crippen molar-refractivity contribution in [3.8, 4) is 0 Å². The van der Waals surface area contributed by atoms with E-state index in [4.69, 9.17) is 5.73 Å². The second-order valence-electron chi connectivity index (χ2n) is 4.05. The molecule has 0 spiro atoms. The van der Waals surface area contributed by atoms with Crippen molar-refractivity contribution < 1.29 is 4.79 Å². The van der Waals surface area contributed by atoms with Crippen LogP contribution in [0.25, 0.3) is 0 Å². The van der Waals surface area contributed by atoms with Crippen LogP contribution in [0, 0.1) is 13.8 Å². The molecule has 0 unspecified atom stereocenters. The number of hydrogen-bond donors (Lipinski definition) is 2. The number of hydrogen-bond acceptors (Lipinski definition) is 3. The van der Waals surface area contributed by atoms with E-state index in [9.17, 15) is 4.79 Å². The van der Waals surface area contributed by atoms with E-state index in [2.05, 4.69) is 37.4 Å². The van der Waals surface area contributed by atoms with Gasteiger partial charge in [-0.1, -0.05) is 17.7 Å². The number of nitrogens with one attached hydrogen (secondary N) is 1. The van der Waals surface area contributed by atoms with Crippen molar-refractivity contribution in [2.75, 3.05) is 18.8 Å². The van der Waals surface area contributed by atoms with E-state index in [1.54, 1.807) is 11.8 Å². The van der Waals surface area contributed by atoms with Crippen molar-refractivity contribution >= 4 is 30.1 Å². The first-order valence-corrected chi connectivity index (χ1v) is 6.79. The standard InChI is InChI=1S/C13H20N2OS.ClH/c1-10-4-5-11(2)12(8-10)17-9-13(16)15-7-3-6-14;/h4-5,8H,3,6-7,9,14H2,1-2H3,(H,15,16);1H. The molecule has 3 N–H and O–H groups in total. The third-order valence-electron chi connectivity index (χ3n) is 2.41. The first kappa shape index (κ1) is 17.3. The Balaban J connectivity index is 0.00000289. The fourth-order valence-corrected chi connectivity index (χ4v) is 2.34. The number of thioether (sulfide) groups is 1. The first-order chi connectivity index (χ1) is 8.13. The maximum atomic E-state index is 11.5. The number of aryl methyl sites for hydroxylation is 2. The Kier molecular flexibility index (Phi) is 8.89. The molecule has 18 heavy (non-hydrogen) atoms. The molecular weight excluding hydrogens is 268 g/mol. The van der Waals surface area contributed by atoms with Crippen LogP contribution in [0.3, 0.4) is 0 Å². The molecule has 0 fully saturated rings. The van der Waals surface area contributed by atoms with Crippen LogP contribution in [-0.2, 0) is 4.79 Å². The Morgan fingerprint density at radius 1 is 1.39 bits per heavy atom. The zero-order valence-corrected chi connectivity index (χ0v) is 12.5. The number of benzene rings is 1. The number of amides is 1. The van der Waals surface area contributed by atoms with Gasteiger partial charge in [0.2, 0.25) is 5.91 Å². The molecule has 0 aliphatic rings. The molecule has 0 atom stereocenters. The molecule has 0 aromatic heterocycles. The van der Waals surface area contributed by atoms with Gasteiger partial charge in [-0.25, -0.2) is 0 Å². The quantitative estimate of drug-likeness (QED) is 0.624. The lowest BCUT2D eigenvalue weighted by molar-refractivity contribution is -0.118. The van der Waals surface area contributed by atoms with Gasteiger partial charge in [0.05, 0.1) is 5.75 Å². The summed E-state index contributed by atoms with van der Waals surface area (Å²) in [4.78, 5) is 12.7. The van der Waals surface area contributed by atoms with Crippen LogP contribution >= 0.6 is 24.2 Å². The zero-order valence-electron chi connectivity index (χ0n) is 10.9. The van der Waals surface area contributed by atoms with Gasteiger partial charge in [0, 0.05) is 11.4 Å². The van der Waals surface area contributed by atoms with Gasteiger partial charge in [-0.15, -0.1) is 24.2 Å². The van der Waals surface area contributed by atoms with Gasteiger partial charge < -0.3 is 11.1 Å². The first-order valence-electron chi connectivity index (χ1n) is 5.80. The van der Waals surface area contributed by atoms with E-state index in [-0.39, 0.29) is 18.3 Å². The molecule has 0 heterocycles. The molecule has 1 aromatic rings. The highest BCUT2D eigenvalue weighted by atomic mass is 35.5. The van der Waals surface area contributed by atoms with Crippen molar-refractivity contribution in [2.24, 2.45) is 5.73 Å². The van der Waals surface area contributed by atoms with E-state index in [0.29, 0.717) is 18.8 Å². The summed E-state index contributed by atoms with van der Waals surface area (Å²) in [6.45, 7) is 5.41. The van der Waals surface area contributed by atoms with Gasteiger partial charge in [-0.2, -0.15) is 0 Å².